The Kier molecular flexibility index (Phi) is 8.04. The summed E-state index contributed by atoms with van der Waals surface area (Å²) < 4.78 is 23.8. The molecule has 158 valence electrons. The van der Waals surface area contributed by atoms with E-state index in [0.717, 1.165) is 28.1 Å². The quantitative estimate of drug-likeness (QED) is 0.514. The Hall–Kier alpha value is -2.64. The Morgan fingerprint density at radius 3 is 2.53 bits per heavy atom. The molecule has 1 heterocycles. The van der Waals surface area contributed by atoms with Crippen LogP contribution in [0.15, 0.2) is 52.9 Å². The van der Waals surface area contributed by atoms with Gasteiger partial charge in [0.15, 0.2) is 0 Å². The molecule has 1 aromatic heterocycles. The molecule has 3 rings (SSSR count). The van der Waals surface area contributed by atoms with Gasteiger partial charge in [0.05, 0.1) is 18.1 Å². The van der Waals surface area contributed by atoms with Crippen molar-refractivity contribution in [1.29, 1.82) is 0 Å². The second kappa shape index (κ2) is 10.9. The Labute approximate surface area is 180 Å². The van der Waals surface area contributed by atoms with Crippen LogP contribution in [0.5, 0.6) is 0 Å². The molecule has 7 heteroatoms. The van der Waals surface area contributed by atoms with Gasteiger partial charge in [-0.2, -0.15) is 0 Å². The number of methoxy groups -OCH3 is 1. The highest BCUT2D eigenvalue weighted by Crippen LogP contribution is 2.24. The van der Waals surface area contributed by atoms with E-state index in [-0.39, 0.29) is 11.7 Å². The highest BCUT2D eigenvalue weighted by atomic mass is 32.2. The number of aromatic nitrogens is 1. The van der Waals surface area contributed by atoms with Crippen LogP contribution in [0.1, 0.15) is 22.6 Å². The van der Waals surface area contributed by atoms with Crippen LogP contribution in [-0.2, 0) is 28.3 Å². The van der Waals surface area contributed by atoms with Crippen LogP contribution in [0, 0.1) is 12.7 Å². The Balaban J connectivity index is 1.43. The summed E-state index contributed by atoms with van der Waals surface area (Å²) in [5, 5.41) is 2.89. The van der Waals surface area contributed by atoms with Crippen LogP contribution in [0.3, 0.4) is 0 Å². The summed E-state index contributed by atoms with van der Waals surface area (Å²) in [7, 11) is 1.67. The summed E-state index contributed by atoms with van der Waals surface area (Å²) in [6, 6.07) is 14.2. The number of aryl methyl sites for hydroxylation is 1. The number of carbonyl (C=O) groups is 1. The SMILES string of the molecule is COCc1ccc(-c2nc(CSCC(=O)NCCc3ccc(F)cc3)c(C)o2)cc1. The molecule has 0 spiro atoms. The molecule has 0 atom stereocenters. The maximum Gasteiger partial charge on any atom is 0.230 e. The largest absolute Gasteiger partial charge is 0.441 e. The van der Waals surface area contributed by atoms with E-state index >= 15 is 0 Å². The number of amides is 1. The number of thioether (sulfide) groups is 1. The molecule has 0 bridgehead atoms. The third kappa shape index (κ3) is 6.43. The van der Waals surface area contributed by atoms with E-state index in [1.165, 1.54) is 23.9 Å². The molecule has 1 N–H and O–H groups in total. The summed E-state index contributed by atoms with van der Waals surface area (Å²) in [4.78, 5) is 16.6. The van der Waals surface area contributed by atoms with Crippen LogP contribution in [0.4, 0.5) is 4.39 Å². The van der Waals surface area contributed by atoms with Gasteiger partial charge >= 0.3 is 0 Å². The summed E-state index contributed by atoms with van der Waals surface area (Å²) in [6.07, 6.45) is 0.672. The van der Waals surface area contributed by atoms with Gasteiger partial charge in [0.25, 0.3) is 0 Å². The second-order valence-corrected chi connectivity index (χ2v) is 7.86. The average Bonchev–Trinajstić information content (AvgIpc) is 3.11. The summed E-state index contributed by atoms with van der Waals surface area (Å²) in [6.45, 7) is 2.98. The molecular formula is C23H25FN2O3S. The van der Waals surface area contributed by atoms with Crippen LogP contribution >= 0.6 is 11.8 Å². The van der Waals surface area contributed by atoms with Crippen molar-refractivity contribution in [1.82, 2.24) is 10.3 Å². The van der Waals surface area contributed by atoms with Crippen LogP contribution in [-0.4, -0.2) is 30.3 Å². The number of carbonyl (C=O) groups excluding carboxylic acids is 1. The summed E-state index contributed by atoms with van der Waals surface area (Å²) in [5.41, 5.74) is 3.83. The molecule has 0 fully saturated rings. The first-order valence-corrected chi connectivity index (χ1v) is 10.8. The minimum absolute atomic E-state index is 0.0304. The molecule has 1 amide bonds. The number of ether oxygens (including phenoxy) is 1. The standard InChI is InChI=1S/C23H25FN2O3S/c1-16-21(26-23(29-16)19-7-3-18(4-8-19)13-28-2)14-30-15-22(27)25-12-11-17-5-9-20(24)10-6-17/h3-10H,11-15H2,1-2H3,(H,25,27). The van der Waals surface area contributed by atoms with E-state index < -0.39 is 0 Å². The monoisotopic (exact) mass is 428 g/mol. The normalized spacial score (nSPS) is 10.9. The highest BCUT2D eigenvalue weighted by molar-refractivity contribution is 7.99. The third-order valence-corrected chi connectivity index (χ3v) is 5.47. The number of nitrogens with one attached hydrogen (secondary N) is 1. The predicted molar refractivity (Wildman–Crippen MR) is 117 cm³/mol. The number of oxazole rings is 1. The molecule has 5 nitrogen and oxygen atoms in total. The predicted octanol–water partition coefficient (Wildman–Crippen LogP) is 4.53. The molecular weight excluding hydrogens is 403 g/mol. The van der Waals surface area contributed by atoms with Crippen molar-refractivity contribution in [2.45, 2.75) is 25.7 Å². The zero-order chi connectivity index (χ0) is 21.3. The fraction of sp³-hybridized carbons (Fsp3) is 0.304. The van der Waals surface area contributed by atoms with Gasteiger partial charge in [-0.3, -0.25) is 4.79 Å². The van der Waals surface area contributed by atoms with Crippen LogP contribution < -0.4 is 5.32 Å². The minimum atomic E-state index is -0.256. The molecule has 0 aliphatic heterocycles. The molecule has 30 heavy (non-hydrogen) atoms. The van der Waals surface area contributed by atoms with Gasteiger partial charge in [-0.15, -0.1) is 11.8 Å². The van der Waals surface area contributed by atoms with E-state index in [2.05, 4.69) is 10.3 Å². The van der Waals surface area contributed by atoms with Crippen molar-refractivity contribution in [3.8, 4) is 11.5 Å². The van der Waals surface area contributed by atoms with E-state index in [1.807, 2.05) is 31.2 Å². The summed E-state index contributed by atoms with van der Waals surface area (Å²) >= 11 is 1.49. The van der Waals surface area contributed by atoms with Gasteiger partial charge in [0.2, 0.25) is 11.8 Å². The lowest BCUT2D eigenvalue weighted by atomic mass is 10.1. The lowest BCUT2D eigenvalue weighted by Crippen LogP contribution is -2.27. The van der Waals surface area contributed by atoms with Gasteiger partial charge in [-0.25, -0.2) is 9.37 Å². The van der Waals surface area contributed by atoms with Crippen molar-refractivity contribution < 1.29 is 18.3 Å². The smallest absolute Gasteiger partial charge is 0.230 e. The van der Waals surface area contributed by atoms with Crippen LogP contribution in [0.25, 0.3) is 11.5 Å². The lowest BCUT2D eigenvalue weighted by Gasteiger charge is -2.05. The van der Waals surface area contributed by atoms with Gasteiger partial charge < -0.3 is 14.5 Å². The van der Waals surface area contributed by atoms with Crippen molar-refractivity contribution in [2.75, 3.05) is 19.4 Å². The van der Waals surface area contributed by atoms with E-state index in [1.54, 1.807) is 19.2 Å². The maximum absolute atomic E-state index is 12.9. The first kappa shape index (κ1) is 22.1. The number of nitrogens with zero attached hydrogens (tertiary/aromatic N) is 1. The molecule has 0 radical (unpaired) electrons. The zero-order valence-electron chi connectivity index (χ0n) is 17.1. The first-order valence-electron chi connectivity index (χ1n) is 9.68. The third-order valence-electron chi connectivity index (χ3n) is 4.53. The van der Waals surface area contributed by atoms with Gasteiger partial charge in [-0.1, -0.05) is 24.3 Å². The van der Waals surface area contributed by atoms with Crippen molar-refractivity contribution >= 4 is 17.7 Å². The Bertz CT molecular complexity index is 956. The summed E-state index contributed by atoms with van der Waals surface area (Å²) in [5.74, 6) is 2.00. The number of benzene rings is 2. The Morgan fingerprint density at radius 1 is 1.13 bits per heavy atom. The average molecular weight is 429 g/mol. The molecule has 0 unspecified atom stereocenters. The molecule has 3 aromatic rings. The topological polar surface area (TPSA) is 64.4 Å². The van der Waals surface area contributed by atoms with Crippen molar-refractivity contribution in [3.63, 3.8) is 0 Å². The molecule has 0 aliphatic rings. The molecule has 2 aromatic carbocycles. The fourth-order valence-electron chi connectivity index (χ4n) is 2.88. The van der Waals surface area contributed by atoms with E-state index in [4.69, 9.17) is 9.15 Å². The Morgan fingerprint density at radius 2 is 1.83 bits per heavy atom. The zero-order valence-corrected chi connectivity index (χ0v) is 17.9. The highest BCUT2D eigenvalue weighted by Gasteiger charge is 2.12. The second-order valence-electron chi connectivity index (χ2n) is 6.87. The molecule has 0 saturated carbocycles. The molecule has 0 saturated heterocycles. The maximum atomic E-state index is 12.9. The van der Waals surface area contributed by atoms with Gasteiger partial charge in [0.1, 0.15) is 11.6 Å². The number of hydrogen-bond acceptors (Lipinski definition) is 5. The molecule has 0 aliphatic carbocycles. The lowest BCUT2D eigenvalue weighted by molar-refractivity contribution is -0.118. The van der Waals surface area contributed by atoms with Crippen molar-refractivity contribution in [3.05, 3.63) is 76.9 Å². The fourth-order valence-corrected chi connectivity index (χ4v) is 3.74. The van der Waals surface area contributed by atoms with E-state index in [9.17, 15) is 9.18 Å². The van der Waals surface area contributed by atoms with Crippen LogP contribution in [0.2, 0.25) is 0 Å². The minimum Gasteiger partial charge on any atom is -0.441 e. The van der Waals surface area contributed by atoms with Crippen molar-refractivity contribution in [2.24, 2.45) is 0 Å². The number of rotatable bonds is 10. The number of halogens is 1. The number of hydrogen-bond donors (Lipinski definition) is 1. The van der Waals surface area contributed by atoms with Gasteiger partial charge in [0, 0.05) is 25.0 Å². The van der Waals surface area contributed by atoms with Gasteiger partial charge in [-0.05, 0) is 48.7 Å². The first-order chi connectivity index (χ1) is 14.5. The van der Waals surface area contributed by atoms with E-state index in [0.29, 0.717) is 37.0 Å².